The van der Waals surface area contributed by atoms with Gasteiger partial charge in [-0.05, 0) is 18.2 Å². The van der Waals surface area contributed by atoms with Gasteiger partial charge in [-0.1, -0.05) is 6.07 Å². The molecule has 2 aromatic rings. The molecular formula is C11H8N4O2. The SMILES string of the molecule is CNC(=O)c1nnc(-c2cccc(C#N)c2)o1. The smallest absolute Gasteiger partial charge is 0.308 e. The normalized spacial score (nSPS) is 9.65. The Morgan fingerprint density at radius 1 is 1.47 bits per heavy atom. The van der Waals surface area contributed by atoms with Crippen molar-refractivity contribution in [2.24, 2.45) is 0 Å². The molecule has 0 aliphatic heterocycles. The second-order valence-electron chi connectivity index (χ2n) is 3.18. The summed E-state index contributed by atoms with van der Waals surface area (Å²) in [7, 11) is 1.47. The second-order valence-corrected chi connectivity index (χ2v) is 3.18. The van der Waals surface area contributed by atoms with E-state index in [1.54, 1.807) is 24.3 Å². The molecule has 1 heterocycles. The Labute approximate surface area is 96.9 Å². The average Bonchev–Trinajstić information content (AvgIpc) is 2.87. The van der Waals surface area contributed by atoms with Crippen molar-refractivity contribution in [3.63, 3.8) is 0 Å². The van der Waals surface area contributed by atoms with Gasteiger partial charge in [-0.25, -0.2) is 0 Å². The van der Waals surface area contributed by atoms with Crippen LogP contribution >= 0.6 is 0 Å². The van der Waals surface area contributed by atoms with Gasteiger partial charge in [-0.3, -0.25) is 4.79 Å². The van der Waals surface area contributed by atoms with Gasteiger partial charge in [0, 0.05) is 12.6 Å². The van der Waals surface area contributed by atoms with Crippen molar-refractivity contribution in [2.45, 2.75) is 0 Å². The summed E-state index contributed by atoms with van der Waals surface area (Å²) >= 11 is 0. The predicted molar refractivity (Wildman–Crippen MR) is 57.8 cm³/mol. The van der Waals surface area contributed by atoms with Gasteiger partial charge in [0.1, 0.15) is 0 Å². The van der Waals surface area contributed by atoms with Gasteiger partial charge in [-0.15, -0.1) is 10.2 Å². The summed E-state index contributed by atoms with van der Waals surface area (Å²) in [5.74, 6) is -0.342. The van der Waals surface area contributed by atoms with Crippen LogP contribution in [0.4, 0.5) is 0 Å². The molecule has 0 bridgehead atoms. The van der Waals surface area contributed by atoms with Crippen LogP contribution in [-0.2, 0) is 0 Å². The molecule has 0 aliphatic carbocycles. The number of nitrogens with one attached hydrogen (secondary N) is 1. The van der Waals surface area contributed by atoms with E-state index in [9.17, 15) is 4.79 Å². The number of carbonyl (C=O) groups is 1. The maximum Gasteiger partial charge on any atom is 0.308 e. The molecule has 2 rings (SSSR count). The first kappa shape index (κ1) is 10.8. The van der Waals surface area contributed by atoms with Gasteiger partial charge in [0.05, 0.1) is 11.6 Å². The van der Waals surface area contributed by atoms with E-state index in [4.69, 9.17) is 9.68 Å². The van der Waals surface area contributed by atoms with Crippen molar-refractivity contribution < 1.29 is 9.21 Å². The van der Waals surface area contributed by atoms with Gasteiger partial charge in [-0.2, -0.15) is 5.26 Å². The van der Waals surface area contributed by atoms with Crippen molar-refractivity contribution in [3.05, 3.63) is 35.7 Å². The zero-order valence-corrected chi connectivity index (χ0v) is 8.97. The van der Waals surface area contributed by atoms with Crippen LogP contribution in [0.1, 0.15) is 16.2 Å². The average molecular weight is 228 g/mol. The number of carbonyl (C=O) groups excluding carboxylic acids is 1. The van der Waals surface area contributed by atoms with Crippen LogP contribution in [0.25, 0.3) is 11.5 Å². The summed E-state index contributed by atoms with van der Waals surface area (Å²) in [4.78, 5) is 11.2. The van der Waals surface area contributed by atoms with Crippen molar-refractivity contribution >= 4 is 5.91 Å². The van der Waals surface area contributed by atoms with Gasteiger partial charge in [0.2, 0.25) is 5.89 Å². The molecule has 17 heavy (non-hydrogen) atoms. The van der Waals surface area contributed by atoms with E-state index >= 15 is 0 Å². The van der Waals surface area contributed by atoms with E-state index in [2.05, 4.69) is 15.5 Å². The summed E-state index contributed by atoms with van der Waals surface area (Å²) in [6.07, 6.45) is 0. The van der Waals surface area contributed by atoms with Crippen LogP contribution < -0.4 is 5.32 Å². The topological polar surface area (TPSA) is 91.8 Å². The molecule has 1 aromatic carbocycles. The first-order valence-corrected chi connectivity index (χ1v) is 4.80. The minimum atomic E-state index is -0.444. The lowest BCUT2D eigenvalue weighted by atomic mass is 10.1. The number of benzene rings is 1. The Hall–Kier alpha value is -2.68. The van der Waals surface area contributed by atoms with Crippen LogP contribution in [0.15, 0.2) is 28.7 Å². The van der Waals surface area contributed by atoms with Crippen molar-refractivity contribution in [2.75, 3.05) is 7.05 Å². The summed E-state index contributed by atoms with van der Waals surface area (Å²) in [5, 5.41) is 18.5. The lowest BCUT2D eigenvalue weighted by Gasteiger charge is -1.94. The number of rotatable bonds is 2. The van der Waals surface area contributed by atoms with E-state index in [1.807, 2.05) is 6.07 Å². The van der Waals surface area contributed by atoms with E-state index in [0.717, 1.165) is 0 Å². The van der Waals surface area contributed by atoms with Crippen LogP contribution in [0.5, 0.6) is 0 Å². The highest BCUT2D eigenvalue weighted by atomic mass is 16.4. The molecule has 0 fully saturated rings. The molecule has 0 saturated heterocycles. The van der Waals surface area contributed by atoms with Gasteiger partial charge in [0.15, 0.2) is 0 Å². The molecule has 0 aliphatic rings. The maximum atomic E-state index is 11.2. The monoisotopic (exact) mass is 228 g/mol. The standard InChI is InChI=1S/C11H8N4O2/c1-13-9(16)11-15-14-10(17-11)8-4-2-3-7(5-8)6-12/h2-5H,1H3,(H,13,16). The Morgan fingerprint density at radius 2 is 2.29 bits per heavy atom. The molecule has 84 valence electrons. The Kier molecular flexibility index (Phi) is 2.83. The zero-order chi connectivity index (χ0) is 12.3. The van der Waals surface area contributed by atoms with Crippen molar-refractivity contribution in [1.29, 1.82) is 5.26 Å². The fraction of sp³-hybridized carbons (Fsp3) is 0.0909. The minimum absolute atomic E-state index is 0.107. The molecule has 1 N–H and O–H groups in total. The molecule has 0 unspecified atom stereocenters. The Bertz CT molecular complexity index is 598. The fourth-order valence-electron chi connectivity index (χ4n) is 1.26. The quantitative estimate of drug-likeness (QED) is 0.826. The Balaban J connectivity index is 2.37. The number of hydrogen-bond acceptors (Lipinski definition) is 5. The fourth-order valence-corrected chi connectivity index (χ4v) is 1.26. The molecular weight excluding hydrogens is 220 g/mol. The summed E-state index contributed by atoms with van der Waals surface area (Å²) in [6.45, 7) is 0. The molecule has 0 atom stereocenters. The highest BCUT2D eigenvalue weighted by molar-refractivity contribution is 5.89. The molecule has 0 radical (unpaired) electrons. The van der Waals surface area contributed by atoms with Crippen molar-refractivity contribution in [3.8, 4) is 17.5 Å². The lowest BCUT2D eigenvalue weighted by molar-refractivity contribution is 0.0929. The number of aromatic nitrogens is 2. The van der Waals surface area contributed by atoms with Crippen molar-refractivity contribution in [1.82, 2.24) is 15.5 Å². The first-order chi connectivity index (χ1) is 8.24. The number of hydrogen-bond donors (Lipinski definition) is 1. The van der Waals surface area contributed by atoms with E-state index in [0.29, 0.717) is 11.1 Å². The first-order valence-electron chi connectivity index (χ1n) is 4.80. The van der Waals surface area contributed by atoms with Gasteiger partial charge < -0.3 is 9.73 Å². The summed E-state index contributed by atoms with van der Waals surface area (Å²) in [6, 6.07) is 8.72. The summed E-state index contributed by atoms with van der Waals surface area (Å²) in [5.41, 5.74) is 1.09. The van der Waals surface area contributed by atoms with E-state index < -0.39 is 5.91 Å². The van der Waals surface area contributed by atoms with Crippen LogP contribution in [-0.4, -0.2) is 23.2 Å². The van der Waals surface area contributed by atoms with Crippen LogP contribution in [0.2, 0.25) is 0 Å². The second kappa shape index (κ2) is 4.45. The van der Waals surface area contributed by atoms with E-state index in [-0.39, 0.29) is 11.8 Å². The molecule has 1 amide bonds. The third kappa shape index (κ3) is 2.13. The molecule has 0 spiro atoms. The number of amides is 1. The molecule has 1 aromatic heterocycles. The Morgan fingerprint density at radius 3 is 3.00 bits per heavy atom. The number of nitriles is 1. The highest BCUT2D eigenvalue weighted by Gasteiger charge is 2.14. The largest absolute Gasteiger partial charge is 0.412 e. The predicted octanol–water partition coefficient (Wildman–Crippen LogP) is 0.968. The van der Waals surface area contributed by atoms with Crippen LogP contribution in [0, 0.1) is 11.3 Å². The van der Waals surface area contributed by atoms with Gasteiger partial charge >= 0.3 is 11.8 Å². The van der Waals surface area contributed by atoms with Crippen LogP contribution in [0.3, 0.4) is 0 Å². The summed E-state index contributed by atoms with van der Waals surface area (Å²) < 4.78 is 5.18. The number of nitrogens with zero attached hydrogens (tertiary/aromatic N) is 3. The third-order valence-electron chi connectivity index (χ3n) is 2.08. The lowest BCUT2D eigenvalue weighted by Crippen LogP contribution is -2.17. The molecule has 0 saturated carbocycles. The zero-order valence-electron chi connectivity index (χ0n) is 8.97. The highest BCUT2D eigenvalue weighted by Crippen LogP contribution is 2.18. The molecule has 6 heteroatoms. The maximum absolute atomic E-state index is 11.2. The minimum Gasteiger partial charge on any atom is -0.412 e. The third-order valence-corrected chi connectivity index (χ3v) is 2.08. The molecule has 6 nitrogen and oxygen atoms in total. The van der Waals surface area contributed by atoms with E-state index in [1.165, 1.54) is 7.05 Å². The van der Waals surface area contributed by atoms with Gasteiger partial charge in [0.25, 0.3) is 0 Å².